The minimum Gasteiger partial charge on any atom is -0.550 e. The first kappa shape index (κ1) is 14.0. The zero-order chi connectivity index (χ0) is 9.98. The largest absolute Gasteiger partial charge is 0.550 e. The number of nitrogens with one attached hydrogen (secondary N) is 1. The summed E-state index contributed by atoms with van der Waals surface area (Å²) < 4.78 is 0. The van der Waals surface area contributed by atoms with E-state index in [1.807, 2.05) is 0 Å². The maximum Gasteiger partial charge on any atom is 0.0768 e. The molecule has 12 heavy (non-hydrogen) atoms. The van der Waals surface area contributed by atoms with Crippen LogP contribution in [0.2, 0.25) is 0 Å². The average Bonchev–Trinajstić information content (AvgIpc) is 1.99. The van der Waals surface area contributed by atoms with Gasteiger partial charge >= 0.3 is 0 Å². The van der Waals surface area contributed by atoms with Gasteiger partial charge in [-0.1, -0.05) is 6.92 Å². The van der Waals surface area contributed by atoms with Crippen LogP contribution in [0.3, 0.4) is 0 Å². The summed E-state index contributed by atoms with van der Waals surface area (Å²) >= 11 is 0. The molecule has 0 amide bonds. The van der Waals surface area contributed by atoms with Gasteiger partial charge in [0.1, 0.15) is 0 Å². The van der Waals surface area contributed by atoms with Gasteiger partial charge in [-0.05, 0) is 27.2 Å². The molecule has 1 N–H and O–H groups in total. The lowest BCUT2D eigenvalue weighted by Crippen LogP contribution is -3.11. The Morgan fingerprint density at radius 3 is 1.67 bits per heavy atom. The molecule has 0 unspecified atom stereocenters. The third kappa shape index (κ3) is 16.2. The highest BCUT2D eigenvalue weighted by Gasteiger charge is 1.96. The Hall–Kier alpha value is -0.570. The van der Waals surface area contributed by atoms with Crippen LogP contribution in [-0.2, 0) is 4.79 Å². The number of hydrogen-bond donors (Lipinski definition) is 1. The Balaban J connectivity index is 0. The Kier molecular flexibility index (Phi) is 12.2. The second-order valence-electron chi connectivity index (χ2n) is 2.70. The van der Waals surface area contributed by atoms with Crippen LogP contribution in [-0.4, -0.2) is 25.6 Å². The van der Waals surface area contributed by atoms with Crippen molar-refractivity contribution in [1.82, 2.24) is 0 Å². The Morgan fingerprint density at radius 2 is 1.58 bits per heavy atom. The molecule has 0 saturated carbocycles. The molecule has 0 saturated heterocycles. The van der Waals surface area contributed by atoms with E-state index < -0.39 is 5.97 Å². The van der Waals surface area contributed by atoms with Crippen molar-refractivity contribution in [3.05, 3.63) is 0 Å². The standard InChI is InChI=1S/C7H17N.C2H4O2/c1-4-7-8(5-2)6-3;1-2(3)4/h4-7H2,1-3H3;1H3,(H,3,4). The van der Waals surface area contributed by atoms with E-state index in [1.165, 1.54) is 26.1 Å². The fourth-order valence-corrected chi connectivity index (χ4v) is 0.957. The second-order valence-corrected chi connectivity index (χ2v) is 2.70. The molecule has 0 aromatic heterocycles. The fraction of sp³-hybridized carbons (Fsp3) is 0.889. The van der Waals surface area contributed by atoms with Gasteiger partial charge in [0.15, 0.2) is 0 Å². The van der Waals surface area contributed by atoms with Crippen LogP contribution in [0.5, 0.6) is 0 Å². The minimum absolute atomic E-state index is 0.972. The number of quaternary nitrogens is 1. The SMILES string of the molecule is CC(=O)[O-].CCC[NH+](CC)CC. The van der Waals surface area contributed by atoms with Crippen molar-refractivity contribution in [2.24, 2.45) is 0 Å². The summed E-state index contributed by atoms with van der Waals surface area (Å²) in [4.78, 5) is 10.6. The van der Waals surface area contributed by atoms with Crippen molar-refractivity contribution in [1.29, 1.82) is 0 Å². The molecule has 0 aliphatic rings. The maximum absolute atomic E-state index is 8.89. The molecule has 0 atom stereocenters. The highest BCUT2D eigenvalue weighted by molar-refractivity contribution is 5.60. The van der Waals surface area contributed by atoms with Crippen LogP contribution in [0.4, 0.5) is 0 Å². The molecule has 0 aliphatic carbocycles. The predicted octanol–water partition coefficient (Wildman–Crippen LogP) is -0.923. The number of carbonyl (C=O) groups is 1. The van der Waals surface area contributed by atoms with E-state index in [0.717, 1.165) is 6.92 Å². The Morgan fingerprint density at radius 1 is 1.25 bits per heavy atom. The molecule has 0 rings (SSSR count). The van der Waals surface area contributed by atoms with Crippen molar-refractivity contribution in [2.75, 3.05) is 19.6 Å². The number of carboxylic acids is 1. The van der Waals surface area contributed by atoms with E-state index >= 15 is 0 Å². The van der Waals surface area contributed by atoms with E-state index in [-0.39, 0.29) is 0 Å². The van der Waals surface area contributed by atoms with Gasteiger partial charge in [0.25, 0.3) is 0 Å². The molecule has 0 spiro atoms. The molecule has 74 valence electrons. The lowest BCUT2D eigenvalue weighted by molar-refractivity contribution is -0.896. The first-order valence-corrected chi connectivity index (χ1v) is 4.59. The lowest BCUT2D eigenvalue weighted by atomic mass is 10.4. The highest BCUT2D eigenvalue weighted by atomic mass is 16.4. The van der Waals surface area contributed by atoms with E-state index in [2.05, 4.69) is 20.8 Å². The first-order chi connectivity index (χ1) is 5.58. The van der Waals surface area contributed by atoms with Crippen LogP contribution in [0, 0.1) is 0 Å². The zero-order valence-electron chi connectivity index (χ0n) is 8.64. The van der Waals surface area contributed by atoms with E-state index in [0.29, 0.717) is 0 Å². The summed E-state index contributed by atoms with van der Waals surface area (Å²) in [6.07, 6.45) is 1.32. The minimum atomic E-state index is -1.08. The van der Waals surface area contributed by atoms with Crippen LogP contribution in [0.1, 0.15) is 34.1 Å². The summed E-state index contributed by atoms with van der Waals surface area (Å²) in [5, 5.41) is 8.89. The first-order valence-electron chi connectivity index (χ1n) is 4.59. The van der Waals surface area contributed by atoms with E-state index in [9.17, 15) is 0 Å². The summed E-state index contributed by atoms with van der Waals surface area (Å²) in [7, 11) is 0. The van der Waals surface area contributed by atoms with Gasteiger partial charge < -0.3 is 14.8 Å². The van der Waals surface area contributed by atoms with Crippen molar-refractivity contribution in [3.8, 4) is 0 Å². The van der Waals surface area contributed by atoms with Gasteiger partial charge in [-0.25, -0.2) is 0 Å². The molecule has 0 fully saturated rings. The van der Waals surface area contributed by atoms with Gasteiger partial charge in [0.2, 0.25) is 0 Å². The lowest BCUT2D eigenvalue weighted by Gasteiger charge is -2.12. The monoisotopic (exact) mass is 175 g/mol. The third-order valence-electron chi connectivity index (χ3n) is 1.60. The van der Waals surface area contributed by atoms with Gasteiger partial charge in [0.05, 0.1) is 19.6 Å². The van der Waals surface area contributed by atoms with Crippen LogP contribution in [0.25, 0.3) is 0 Å². The van der Waals surface area contributed by atoms with Crippen LogP contribution < -0.4 is 10.0 Å². The summed E-state index contributed by atoms with van der Waals surface area (Å²) in [6.45, 7) is 11.6. The van der Waals surface area contributed by atoms with Gasteiger partial charge in [-0.3, -0.25) is 0 Å². The molecule has 0 bridgehead atoms. The summed E-state index contributed by atoms with van der Waals surface area (Å²) in [5.41, 5.74) is 0. The number of aliphatic carboxylic acids is 1. The van der Waals surface area contributed by atoms with Crippen molar-refractivity contribution in [2.45, 2.75) is 34.1 Å². The van der Waals surface area contributed by atoms with E-state index in [1.54, 1.807) is 4.90 Å². The molecule has 3 nitrogen and oxygen atoms in total. The Labute approximate surface area is 75.4 Å². The molecule has 0 heterocycles. The van der Waals surface area contributed by atoms with Crippen molar-refractivity contribution in [3.63, 3.8) is 0 Å². The van der Waals surface area contributed by atoms with Crippen molar-refractivity contribution < 1.29 is 14.8 Å². The number of carbonyl (C=O) groups excluding carboxylic acids is 1. The second kappa shape index (κ2) is 10.4. The quantitative estimate of drug-likeness (QED) is 0.600. The molecular weight excluding hydrogens is 154 g/mol. The molecular formula is C9H21NO2. The highest BCUT2D eigenvalue weighted by Crippen LogP contribution is 1.62. The molecule has 0 radical (unpaired) electrons. The molecule has 0 aliphatic heterocycles. The number of rotatable bonds is 4. The number of hydrogen-bond acceptors (Lipinski definition) is 2. The topological polar surface area (TPSA) is 44.6 Å². The van der Waals surface area contributed by atoms with Gasteiger partial charge in [-0.2, -0.15) is 0 Å². The normalized spacial score (nSPS) is 9.08. The van der Waals surface area contributed by atoms with Gasteiger partial charge in [0, 0.05) is 5.97 Å². The molecule has 3 heteroatoms. The molecule has 0 aromatic rings. The van der Waals surface area contributed by atoms with Crippen molar-refractivity contribution >= 4 is 5.97 Å². The van der Waals surface area contributed by atoms with Gasteiger partial charge in [-0.15, -0.1) is 0 Å². The smallest absolute Gasteiger partial charge is 0.0768 e. The summed E-state index contributed by atoms with van der Waals surface area (Å²) in [6, 6.07) is 0. The maximum atomic E-state index is 8.89. The Bertz CT molecular complexity index is 96.7. The van der Waals surface area contributed by atoms with E-state index in [4.69, 9.17) is 9.90 Å². The number of carboxylic acid groups (broad SMARTS) is 1. The molecule has 0 aromatic carbocycles. The van der Waals surface area contributed by atoms with Crippen LogP contribution in [0.15, 0.2) is 0 Å². The fourth-order valence-electron chi connectivity index (χ4n) is 0.957. The third-order valence-corrected chi connectivity index (χ3v) is 1.60. The average molecular weight is 175 g/mol. The predicted molar refractivity (Wildman–Crippen MR) is 47.9 cm³/mol. The zero-order valence-corrected chi connectivity index (χ0v) is 8.64. The summed E-state index contributed by atoms with van der Waals surface area (Å²) in [5.74, 6) is -1.08. The van der Waals surface area contributed by atoms with Crippen LogP contribution >= 0.6 is 0 Å².